The summed E-state index contributed by atoms with van der Waals surface area (Å²) in [6, 6.07) is 4.23. The number of benzene rings is 1. The highest BCUT2D eigenvalue weighted by atomic mass is 79.9. The fourth-order valence-corrected chi connectivity index (χ4v) is 2.29. The second kappa shape index (κ2) is 4.42. The number of hydrogen-bond acceptors (Lipinski definition) is 1. The first kappa shape index (κ1) is 12.3. The highest BCUT2D eigenvalue weighted by Gasteiger charge is 2.35. The Balaban J connectivity index is 3.29. The van der Waals surface area contributed by atoms with E-state index in [1.54, 1.807) is 0 Å². The lowest BCUT2D eigenvalue weighted by molar-refractivity contribution is -0.138. The lowest BCUT2D eigenvalue weighted by Crippen LogP contribution is -2.07. The Labute approximate surface area is 97.6 Å². The minimum absolute atomic E-state index is 0.0243. The van der Waals surface area contributed by atoms with E-state index >= 15 is 0 Å². The molecule has 15 heavy (non-hydrogen) atoms. The molecule has 0 spiro atoms. The number of hydrogen-bond donors (Lipinski definition) is 0. The summed E-state index contributed by atoms with van der Waals surface area (Å²) in [5.74, 6) is 0. The molecule has 0 radical (unpaired) electrons. The molecular formula is C9H4BrClF3N. The molecule has 0 unspecified atom stereocenters. The average Bonchev–Trinajstić information content (AvgIpc) is 1.99. The zero-order chi connectivity index (χ0) is 11.6. The largest absolute Gasteiger partial charge is 0.418 e. The molecule has 1 rings (SSSR count). The molecule has 0 atom stereocenters. The van der Waals surface area contributed by atoms with Gasteiger partial charge in [-0.05, 0) is 17.7 Å². The lowest BCUT2D eigenvalue weighted by Gasteiger charge is -2.12. The van der Waals surface area contributed by atoms with Gasteiger partial charge in [0, 0.05) is 4.47 Å². The molecule has 0 aromatic heterocycles. The van der Waals surface area contributed by atoms with Gasteiger partial charge in [-0.2, -0.15) is 18.4 Å². The summed E-state index contributed by atoms with van der Waals surface area (Å²) in [7, 11) is 0. The van der Waals surface area contributed by atoms with Gasteiger partial charge in [-0.15, -0.1) is 0 Å². The van der Waals surface area contributed by atoms with Gasteiger partial charge in [-0.25, -0.2) is 0 Å². The maximum atomic E-state index is 12.4. The van der Waals surface area contributed by atoms with E-state index in [4.69, 9.17) is 16.9 Å². The lowest BCUT2D eigenvalue weighted by atomic mass is 10.1. The summed E-state index contributed by atoms with van der Waals surface area (Å²) < 4.78 is 37.2. The fourth-order valence-electron chi connectivity index (χ4n) is 1.09. The van der Waals surface area contributed by atoms with Crippen LogP contribution in [0.1, 0.15) is 11.1 Å². The molecule has 0 saturated carbocycles. The van der Waals surface area contributed by atoms with Gasteiger partial charge in [0.05, 0.1) is 23.1 Å². The van der Waals surface area contributed by atoms with Gasteiger partial charge in [0.15, 0.2) is 0 Å². The monoisotopic (exact) mass is 297 g/mol. The zero-order valence-electron chi connectivity index (χ0n) is 7.20. The highest BCUT2D eigenvalue weighted by Crippen LogP contribution is 2.40. The van der Waals surface area contributed by atoms with Crippen molar-refractivity contribution in [3.05, 3.63) is 32.8 Å². The Hall–Kier alpha value is -0.730. The van der Waals surface area contributed by atoms with E-state index in [1.807, 2.05) is 6.07 Å². The Morgan fingerprint density at radius 2 is 2.00 bits per heavy atom. The Bertz CT molecular complexity index is 399. The number of nitrogens with zero attached hydrogens (tertiary/aromatic N) is 1. The van der Waals surface area contributed by atoms with E-state index in [1.165, 1.54) is 6.07 Å². The van der Waals surface area contributed by atoms with Crippen LogP contribution >= 0.6 is 27.5 Å². The summed E-state index contributed by atoms with van der Waals surface area (Å²) in [6.07, 6.45) is -4.47. The van der Waals surface area contributed by atoms with Gasteiger partial charge in [-0.1, -0.05) is 27.5 Å². The van der Waals surface area contributed by atoms with Crippen molar-refractivity contribution in [3.8, 4) is 6.07 Å². The molecule has 0 amide bonds. The molecule has 0 aliphatic carbocycles. The molecule has 1 nitrogen and oxygen atoms in total. The second-order valence-electron chi connectivity index (χ2n) is 2.77. The Morgan fingerprint density at radius 3 is 2.40 bits per heavy atom. The summed E-state index contributed by atoms with van der Waals surface area (Å²) in [4.78, 5) is 0. The highest BCUT2D eigenvalue weighted by molar-refractivity contribution is 9.10. The zero-order valence-corrected chi connectivity index (χ0v) is 9.54. The maximum Gasteiger partial charge on any atom is 0.418 e. The minimum Gasteiger partial charge on any atom is -0.198 e. The van der Waals surface area contributed by atoms with Crippen LogP contribution in [0.3, 0.4) is 0 Å². The molecule has 80 valence electrons. The van der Waals surface area contributed by atoms with Crippen molar-refractivity contribution < 1.29 is 13.2 Å². The van der Waals surface area contributed by atoms with E-state index in [9.17, 15) is 13.2 Å². The van der Waals surface area contributed by atoms with Gasteiger partial charge in [-0.3, -0.25) is 0 Å². The van der Waals surface area contributed by atoms with Crippen molar-refractivity contribution in [2.75, 3.05) is 0 Å². The van der Waals surface area contributed by atoms with E-state index in [2.05, 4.69) is 15.9 Å². The quantitative estimate of drug-likeness (QED) is 0.762. The number of halogens is 5. The van der Waals surface area contributed by atoms with Crippen LogP contribution in [-0.4, -0.2) is 0 Å². The van der Waals surface area contributed by atoms with Gasteiger partial charge < -0.3 is 0 Å². The molecular weight excluding hydrogens is 294 g/mol. The van der Waals surface area contributed by atoms with Crippen LogP contribution in [0.15, 0.2) is 16.6 Å². The third-order valence-electron chi connectivity index (χ3n) is 1.67. The molecule has 0 N–H and O–H groups in total. The molecule has 0 fully saturated rings. The van der Waals surface area contributed by atoms with Crippen LogP contribution in [-0.2, 0) is 12.6 Å². The Morgan fingerprint density at radius 1 is 1.40 bits per heavy atom. The van der Waals surface area contributed by atoms with Gasteiger partial charge in [0.2, 0.25) is 0 Å². The van der Waals surface area contributed by atoms with Crippen molar-refractivity contribution in [2.24, 2.45) is 0 Å². The minimum atomic E-state index is -4.50. The van der Waals surface area contributed by atoms with Crippen molar-refractivity contribution >= 4 is 27.5 Å². The number of alkyl halides is 3. The van der Waals surface area contributed by atoms with Crippen LogP contribution in [0.5, 0.6) is 0 Å². The van der Waals surface area contributed by atoms with Gasteiger partial charge in [0.25, 0.3) is 0 Å². The van der Waals surface area contributed by atoms with E-state index in [0.717, 1.165) is 6.07 Å². The van der Waals surface area contributed by atoms with E-state index in [0.29, 0.717) is 5.56 Å². The predicted octanol–water partition coefficient (Wildman–Crippen LogP) is 4.19. The van der Waals surface area contributed by atoms with Crippen LogP contribution in [0.25, 0.3) is 0 Å². The van der Waals surface area contributed by atoms with Crippen molar-refractivity contribution in [1.29, 1.82) is 5.26 Å². The predicted molar refractivity (Wildman–Crippen MR) is 53.5 cm³/mol. The van der Waals surface area contributed by atoms with Crippen LogP contribution in [0.4, 0.5) is 13.2 Å². The summed E-state index contributed by atoms with van der Waals surface area (Å²) in [5, 5.41) is 8.00. The number of nitriles is 1. The van der Waals surface area contributed by atoms with Crippen molar-refractivity contribution in [2.45, 2.75) is 12.6 Å². The van der Waals surface area contributed by atoms with Crippen LogP contribution in [0, 0.1) is 11.3 Å². The second-order valence-corrected chi connectivity index (χ2v) is 4.03. The van der Waals surface area contributed by atoms with Gasteiger partial charge in [0.1, 0.15) is 0 Å². The molecule has 6 heteroatoms. The SMILES string of the molecule is N#CCc1cc(Cl)c(C(F)(F)F)c(Br)c1. The first-order chi connectivity index (χ1) is 6.86. The number of rotatable bonds is 1. The molecule has 0 heterocycles. The molecule has 0 saturated heterocycles. The maximum absolute atomic E-state index is 12.4. The molecule has 0 aliphatic heterocycles. The summed E-state index contributed by atoms with van der Waals surface area (Å²) >= 11 is 8.29. The van der Waals surface area contributed by atoms with E-state index in [-0.39, 0.29) is 10.9 Å². The van der Waals surface area contributed by atoms with E-state index < -0.39 is 16.8 Å². The third kappa shape index (κ3) is 2.86. The van der Waals surface area contributed by atoms with Crippen LogP contribution < -0.4 is 0 Å². The first-order valence-electron chi connectivity index (χ1n) is 3.78. The standard InChI is InChI=1S/C9H4BrClF3N/c10-6-3-5(1-2-15)4-7(11)8(6)9(12,13)14/h3-4H,1H2. The first-order valence-corrected chi connectivity index (χ1v) is 4.95. The normalized spacial score (nSPS) is 11.2. The smallest absolute Gasteiger partial charge is 0.198 e. The summed E-state index contributed by atoms with van der Waals surface area (Å²) in [5.41, 5.74) is -0.465. The van der Waals surface area contributed by atoms with Crippen molar-refractivity contribution in [1.82, 2.24) is 0 Å². The topological polar surface area (TPSA) is 23.8 Å². The average molecular weight is 298 g/mol. The fraction of sp³-hybridized carbons (Fsp3) is 0.222. The van der Waals surface area contributed by atoms with Gasteiger partial charge >= 0.3 is 6.18 Å². The summed E-state index contributed by atoms with van der Waals surface area (Å²) in [6.45, 7) is 0. The molecule has 0 aliphatic rings. The Kier molecular flexibility index (Phi) is 3.63. The van der Waals surface area contributed by atoms with Crippen molar-refractivity contribution in [3.63, 3.8) is 0 Å². The molecule has 1 aromatic carbocycles. The molecule has 1 aromatic rings. The third-order valence-corrected chi connectivity index (χ3v) is 2.59. The molecule has 0 bridgehead atoms. The van der Waals surface area contributed by atoms with Crippen LogP contribution in [0.2, 0.25) is 5.02 Å².